The van der Waals surface area contributed by atoms with Crippen molar-refractivity contribution < 1.29 is 14.6 Å². The molecule has 0 fully saturated rings. The van der Waals surface area contributed by atoms with Gasteiger partial charge in [-0.15, -0.1) is 0 Å². The number of aliphatic hydroxyl groups excluding tert-OH is 1. The fourth-order valence-electron chi connectivity index (χ4n) is 2.21. The van der Waals surface area contributed by atoms with Gasteiger partial charge in [-0.2, -0.15) is 0 Å². The molecule has 2 rings (SSSR count). The van der Waals surface area contributed by atoms with E-state index in [0.29, 0.717) is 11.3 Å². The number of hydrogen-bond acceptors (Lipinski definition) is 3. The lowest BCUT2D eigenvalue weighted by atomic mass is 9.95. The van der Waals surface area contributed by atoms with Crippen molar-refractivity contribution in [2.45, 2.75) is 33.8 Å². The molecule has 106 valence electrons. The highest BCUT2D eigenvalue weighted by Crippen LogP contribution is 2.35. The summed E-state index contributed by atoms with van der Waals surface area (Å²) in [6.07, 6.45) is 2.86. The van der Waals surface area contributed by atoms with E-state index in [0.717, 1.165) is 23.3 Å². The van der Waals surface area contributed by atoms with E-state index in [4.69, 9.17) is 4.42 Å². The van der Waals surface area contributed by atoms with Gasteiger partial charge in [-0.05, 0) is 51.0 Å². The van der Waals surface area contributed by atoms with Crippen LogP contribution in [0.4, 0.5) is 0 Å². The zero-order valence-electron chi connectivity index (χ0n) is 12.1. The van der Waals surface area contributed by atoms with Crippen molar-refractivity contribution in [3.05, 3.63) is 52.8 Å². The summed E-state index contributed by atoms with van der Waals surface area (Å²) in [6, 6.07) is 7.25. The quantitative estimate of drug-likeness (QED) is 0.828. The van der Waals surface area contributed by atoms with Gasteiger partial charge in [0.25, 0.3) is 0 Å². The molecule has 0 unspecified atom stereocenters. The van der Waals surface area contributed by atoms with Crippen LogP contribution in [0.5, 0.6) is 5.75 Å². The number of phenols is 1. The molecule has 0 aliphatic heterocycles. The molecule has 0 saturated carbocycles. The molecule has 2 aromatic rings. The van der Waals surface area contributed by atoms with E-state index in [2.05, 4.69) is 6.08 Å². The molecule has 0 spiro atoms. The Hall–Kier alpha value is -2.00. The first-order chi connectivity index (χ1) is 9.52. The summed E-state index contributed by atoms with van der Waals surface area (Å²) < 4.78 is 5.67. The molecule has 0 saturated heterocycles. The van der Waals surface area contributed by atoms with Gasteiger partial charge in [0, 0.05) is 11.1 Å². The third kappa shape index (κ3) is 2.94. The zero-order chi connectivity index (χ0) is 14.7. The summed E-state index contributed by atoms with van der Waals surface area (Å²) in [5.74, 6) is 1.58. The lowest BCUT2D eigenvalue weighted by Gasteiger charge is -2.12. The first kappa shape index (κ1) is 14.4. The van der Waals surface area contributed by atoms with E-state index < -0.39 is 0 Å². The topological polar surface area (TPSA) is 53.6 Å². The first-order valence-corrected chi connectivity index (χ1v) is 6.67. The van der Waals surface area contributed by atoms with Gasteiger partial charge >= 0.3 is 0 Å². The van der Waals surface area contributed by atoms with E-state index in [1.165, 1.54) is 5.57 Å². The average Bonchev–Trinajstić information content (AvgIpc) is 2.83. The summed E-state index contributed by atoms with van der Waals surface area (Å²) in [7, 11) is 0. The Labute approximate surface area is 119 Å². The Morgan fingerprint density at radius 1 is 1.20 bits per heavy atom. The van der Waals surface area contributed by atoms with E-state index in [1.807, 2.05) is 39.0 Å². The minimum atomic E-state index is -0.219. The Morgan fingerprint density at radius 3 is 2.50 bits per heavy atom. The molecule has 20 heavy (non-hydrogen) atoms. The van der Waals surface area contributed by atoms with Gasteiger partial charge in [-0.25, -0.2) is 0 Å². The second-order valence-corrected chi connectivity index (χ2v) is 5.15. The summed E-state index contributed by atoms with van der Waals surface area (Å²) >= 11 is 0. The molecule has 2 N–H and O–H groups in total. The van der Waals surface area contributed by atoms with E-state index in [-0.39, 0.29) is 12.4 Å². The summed E-state index contributed by atoms with van der Waals surface area (Å²) in [5.41, 5.74) is 3.56. The van der Waals surface area contributed by atoms with Gasteiger partial charge in [0.15, 0.2) is 0 Å². The number of aromatic hydroxyl groups is 1. The number of aliphatic hydroxyl groups is 1. The van der Waals surface area contributed by atoms with E-state index in [1.54, 1.807) is 6.07 Å². The van der Waals surface area contributed by atoms with Crippen LogP contribution in [0.25, 0.3) is 11.3 Å². The number of allylic oxidation sites excluding steroid dienone is 2. The van der Waals surface area contributed by atoms with Gasteiger partial charge in [-0.3, -0.25) is 0 Å². The standard InChI is InChI=1S/C17H20O3/c1-11(2)4-6-13-7-8-15(19)14(10-18)17(13)16-9-5-12(3)20-16/h4-5,7-9,18-19H,6,10H2,1-3H3. The Bertz CT molecular complexity index is 632. The van der Waals surface area contributed by atoms with Crippen LogP contribution in [0.3, 0.4) is 0 Å². The molecule has 0 aliphatic carbocycles. The summed E-state index contributed by atoms with van der Waals surface area (Å²) in [5, 5.41) is 19.5. The van der Waals surface area contributed by atoms with Crippen LogP contribution >= 0.6 is 0 Å². The van der Waals surface area contributed by atoms with Crippen LogP contribution in [0, 0.1) is 6.92 Å². The van der Waals surface area contributed by atoms with Crippen molar-refractivity contribution >= 4 is 0 Å². The second kappa shape index (κ2) is 5.97. The van der Waals surface area contributed by atoms with Crippen LogP contribution in [0.1, 0.15) is 30.7 Å². The lowest BCUT2D eigenvalue weighted by Crippen LogP contribution is -1.96. The molecule has 1 aromatic carbocycles. The Kier molecular flexibility index (Phi) is 4.30. The van der Waals surface area contributed by atoms with Crippen molar-refractivity contribution in [1.29, 1.82) is 0 Å². The van der Waals surface area contributed by atoms with Crippen LogP contribution in [0.2, 0.25) is 0 Å². The highest BCUT2D eigenvalue weighted by Gasteiger charge is 2.16. The molecule has 0 radical (unpaired) electrons. The zero-order valence-corrected chi connectivity index (χ0v) is 12.1. The maximum atomic E-state index is 9.94. The largest absolute Gasteiger partial charge is 0.508 e. The van der Waals surface area contributed by atoms with Crippen LogP contribution in [0.15, 0.2) is 40.3 Å². The third-order valence-electron chi connectivity index (χ3n) is 3.25. The number of benzene rings is 1. The fourth-order valence-corrected chi connectivity index (χ4v) is 2.21. The minimum absolute atomic E-state index is 0.0949. The molecule has 3 nitrogen and oxygen atoms in total. The van der Waals surface area contributed by atoms with Gasteiger partial charge in [-0.1, -0.05) is 17.7 Å². The average molecular weight is 272 g/mol. The van der Waals surface area contributed by atoms with Gasteiger partial charge in [0.1, 0.15) is 17.3 Å². The van der Waals surface area contributed by atoms with Crippen molar-refractivity contribution in [2.75, 3.05) is 0 Å². The van der Waals surface area contributed by atoms with Crippen LogP contribution in [-0.4, -0.2) is 10.2 Å². The molecule has 3 heteroatoms. The number of furan rings is 1. The van der Waals surface area contributed by atoms with Crippen molar-refractivity contribution in [2.24, 2.45) is 0 Å². The molecule has 0 bridgehead atoms. The summed E-state index contributed by atoms with van der Waals surface area (Å²) in [6.45, 7) is 5.75. The predicted octanol–water partition coefficient (Wildman–Crippen LogP) is 3.96. The first-order valence-electron chi connectivity index (χ1n) is 6.67. The van der Waals surface area contributed by atoms with E-state index in [9.17, 15) is 10.2 Å². The van der Waals surface area contributed by atoms with Crippen LogP contribution < -0.4 is 0 Å². The Morgan fingerprint density at radius 2 is 1.95 bits per heavy atom. The fraction of sp³-hybridized carbons (Fsp3) is 0.294. The minimum Gasteiger partial charge on any atom is -0.508 e. The van der Waals surface area contributed by atoms with Crippen molar-refractivity contribution in [1.82, 2.24) is 0 Å². The molecular formula is C17H20O3. The maximum Gasteiger partial charge on any atom is 0.135 e. The van der Waals surface area contributed by atoms with Crippen molar-refractivity contribution in [3.63, 3.8) is 0 Å². The number of aryl methyl sites for hydroxylation is 1. The second-order valence-electron chi connectivity index (χ2n) is 5.15. The number of rotatable bonds is 4. The smallest absolute Gasteiger partial charge is 0.135 e. The van der Waals surface area contributed by atoms with Crippen molar-refractivity contribution in [3.8, 4) is 17.1 Å². The third-order valence-corrected chi connectivity index (χ3v) is 3.25. The molecular weight excluding hydrogens is 252 g/mol. The SMILES string of the molecule is CC(C)=CCc1ccc(O)c(CO)c1-c1ccc(C)o1. The molecule has 0 amide bonds. The Balaban J connectivity index is 2.60. The summed E-state index contributed by atoms with van der Waals surface area (Å²) in [4.78, 5) is 0. The van der Waals surface area contributed by atoms with Gasteiger partial charge < -0.3 is 14.6 Å². The number of hydrogen-bond donors (Lipinski definition) is 2. The van der Waals surface area contributed by atoms with E-state index >= 15 is 0 Å². The molecule has 0 aliphatic rings. The molecule has 1 aromatic heterocycles. The monoisotopic (exact) mass is 272 g/mol. The normalized spacial score (nSPS) is 10.6. The van der Waals surface area contributed by atoms with Gasteiger partial charge in [0.2, 0.25) is 0 Å². The van der Waals surface area contributed by atoms with Crippen LogP contribution in [-0.2, 0) is 13.0 Å². The highest BCUT2D eigenvalue weighted by molar-refractivity contribution is 5.70. The molecule has 0 atom stereocenters. The molecule has 1 heterocycles. The lowest BCUT2D eigenvalue weighted by molar-refractivity contribution is 0.275. The predicted molar refractivity (Wildman–Crippen MR) is 79.6 cm³/mol. The van der Waals surface area contributed by atoms with Gasteiger partial charge in [0.05, 0.1) is 6.61 Å². The highest BCUT2D eigenvalue weighted by atomic mass is 16.3. The maximum absolute atomic E-state index is 9.94.